The average molecular weight is 509 g/mol. The lowest BCUT2D eigenvalue weighted by atomic mass is 9.79. The van der Waals surface area contributed by atoms with Crippen molar-refractivity contribution in [3.63, 3.8) is 0 Å². The van der Waals surface area contributed by atoms with Crippen LogP contribution in [0.4, 0.5) is 5.82 Å². The van der Waals surface area contributed by atoms with Gasteiger partial charge < -0.3 is 24.5 Å². The van der Waals surface area contributed by atoms with Crippen LogP contribution in [0.25, 0.3) is 10.9 Å². The maximum Gasteiger partial charge on any atom is 0.306 e. The molecule has 2 aromatic heterocycles. The molecule has 2 fully saturated rings. The summed E-state index contributed by atoms with van der Waals surface area (Å²) in [6, 6.07) is 1.85. The van der Waals surface area contributed by atoms with Gasteiger partial charge in [-0.05, 0) is 57.1 Å². The van der Waals surface area contributed by atoms with Crippen LogP contribution in [0.15, 0.2) is 47.4 Å². The molecule has 198 valence electrons. The lowest BCUT2D eigenvalue weighted by Gasteiger charge is -2.26. The highest BCUT2D eigenvalue weighted by Crippen LogP contribution is 2.40. The second-order valence-corrected chi connectivity index (χ2v) is 10.2. The fraction of sp³-hybridized carbons (Fsp3) is 0.500. The molecule has 1 saturated carbocycles. The fourth-order valence-corrected chi connectivity index (χ4v) is 5.27. The van der Waals surface area contributed by atoms with E-state index in [4.69, 9.17) is 14.5 Å². The molecule has 2 N–H and O–H groups in total. The van der Waals surface area contributed by atoms with Crippen LogP contribution in [-0.4, -0.2) is 58.3 Å². The normalized spacial score (nSPS) is 24.2. The number of fused-ring (bicyclic) bond motifs is 1. The van der Waals surface area contributed by atoms with E-state index in [0.717, 1.165) is 34.9 Å². The largest absolute Gasteiger partial charge is 0.481 e. The number of aliphatic carboxylic acids is 1. The van der Waals surface area contributed by atoms with E-state index in [2.05, 4.69) is 23.1 Å². The van der Waals surface area contributed by atoms with Gasteiger partial charge in [0.25, 0.3) is 0 Å². The van der Waals surface area contributed by atoms with Crippen molar-refractivity contribution in [1.29, 1.82) is 0 Å². The molecule has 1 amide bonds. The first-order chi connectivity index (χ1) is 17.6. The summed E-state index contributed by atoms with van der Waals surface area (Å²) in [5, 5.41) is 13.2. The van der Waals surface area contributed by atoms with Gasteiger partial charge in [0.15, 0.2) is 0 Å². The highest BCUT2D eigenvalue weighted by Gasteiger charge is 2.38. The van der Waals surface area contributed by atoms with Crippen molar-refractivity contribution in [1.82, 2.24) is 9.55 Å². The Morgan fingerprint density at radius 3 is 2.59 bits per heavy atom. The molecule has 1 aliphatic heterocycles. The molecule has 2 aromatic rings. The molecule has 4 rings (SSSR count). The minimum Gasteiger partial charge on any atom is -0.481 e. The summed E-state index contributed by atoms with van der Waals surface area (Å²) >= 11 is 0. The minimum absolute atomic E-state index is 0.202. The zero-order valence-electron chi connectivity index (χ0n) is 22.0. The van der Waals surface area contributed by atoms with Gasteiger partial charge in [-0.1, -0.05) is 12.2 Å². The molecule has 3 heterocycles. The zero-order valence-corrected chi connectivity index (χ0v) is 22.0. The summed E-state index contributed by atoms with van der Waals surface area (Å²) in [5.74, 6) is 0.114. The third-order valence-electron chi connectivity index (χ3n) is 7.36. The predicted molar refractivity (Wildman–Crippen MR) is 143 cm³/mol. The van der Waals surface area contributed by atoms with Crippen LogP contribution in [0.1, 0.15) is 64.4 Å². The molecule has 0 radical (unpaired) electrons. The van der Waals surface area contributed by atoms with Gasteiger partial charge in [-0.2, -0.15) is 0 Å². The van der Waals surface area contributed by atoms with Crippen molar-refractivity contribution in [2.75, 3.05) is 25.6 Å². The van der Waals surface area contributed by atoms with E-state index in [1.54, 1.807) is 13.3 Å². The number of ether oxygens (including phenoxy) is 2. The Labute approximate surface area is 217 Å². The lowest BCUT2D eigenvalue weighted by molar-refractivity contribution is -0.142. The number of carbonyl (C=O) groups excluding carboxylic acids is 1. The Morgan fingerprint density at radius 2 is 2.03 bits per heavy atom. The summed E-state index contributed by atoms with van der Waals surface area (Å²) in [7, 11) is 1.65. The van der Waals surface area contributed by atoms with Crippen molar-refractivity contribution >= 4 is 34.4 Å². The number of nitrogens with zero attached hydrogens (tertiary/aromatic N) is 3. The summed E-state index contributed by atoms with van der Waals surface area (Å²) in [4.78, 5) is 32.7. The van der Waals surface area contributed by atoms with Crippen molar-refractivity contribution in [2.24, 2.45) is 10.9 Å². The summed E-state index contributed by atoms with van der Waals surface area (Å²) in [6.45, 7) is 10.7. The van der Waals surface area contributed by atoms with Crippen LogP contribution >= 0.6 is 0 Å². The minimum atomic E-state index is -0.720. The molecule has 0 spiro atoms. The fourth-order valence-electron chi connectivity index (χ4n) is 5.27. The number of amides is 1. The molecule has 37 heavy (non-hydrogen) atoms. The lowest BCUT2D eigenvalue weighted by Crippen LogP contribution is -2.33. The highest BCUT2D eigenvalue weighted by molar-refractivity contribution is 6.04. The number of carboxylic acids is 1. The maximum atomic E-state index is 11.7. The molecule has 0 unspecified atom stereocenters. The molecule has 0 bridgehead atoms. The second kappa shape index (κ2) is 11.0. The first-order valence-electron chi connectivity index (χ1n) is 12.7. The number of nitrogens with one attached hydrogen (secondary N) is 1. The van der Waals surface area contributed by atoms with Gasteiger partial charge in [-0.3, -0.25) is 9.59 Å². The van der Waals surface area contributed by atoms with E-state index in [-0.39, 0.29) is 17.7 Å². The summed E-state index contributed by atoms with van der Waals surface area (Å²) in [5.41, 5.74) is 2.92. The predicted octanol–water partition coefficient (Wildman–Crippen LogP) is 4.89. The highest BCUT2D eigenvalue weighted by atomic mass is 16.5. The number of allylic oxidation sites excluding steroid dienone is 2. The number of pyridine rings is 1. The molecule has 9 heteroatoms. The number of aliphatic imine (C=N–C) groups is 1. The molecular formula is C28H36N4O5. The first kappa shape index (κ1) is 26.8. The number of methoxy groups -OCH3 is 1. The Morgan fingerprint density at radius 1 is 1.30 bits per heavy atom. The van der Waals surface area contributed by atoms with E-state index >= 15 is 0 Å². The van der Waals surface area contributed by atoms with Crippen LogP contribution in [0.5, 0.6) is 0 Å². The molecule has 1 saturated heterocycles. The van der Waals surface area contributed by atoms with E-state index in [9.17, 15) is 14.7 Å². The standard InChI is InChI=1S/C28H36N4O5/c1-17(2)12-26(30-18(3)28(36-5)10-11-37-16-28)32-15-23(20-6-8-21(9-7-20)27(34)35)22-14-29-25(13-24(22)32)31-19(4)33/h12-15,20-21H,3,6-11,16H2,1-2,4-5H3,(H,34,35)(H,29,31,33)/t20?,21?,28-/m0/s1. The number of hydrogen-bond acceptors (Lipinski definition) is 6. The van der Waals surface area contributed by atoms with Gasteiger partial charge in [0.05, 0.1) is 23.7 Å². The molecule has 9 nitrogen and oxygen atoms in total. The third kappa shape index (κ3) is 5.67. The molecule has 0 aromatic carbocycles. The molecule has 1 aliphatic carbocycles. The third-order valence-corrected chi connectivity index (χ3v) is 7.36. The number of anilines is 1. The number of hydrogen-bond donors (Lipinski definition) is 2. The Kier molecular flexibility index (Phi) is 7.94. The van der Waals surface area contributed by atoms with Crippen molar-refractivity contribution in [3.05, 3.63) is 47.9 Å². The number of carbonyl (C=O) groups is 2. The monoisotopic (exact) mass is 508 g/mol. The van der Waals surface area contributed by atoms with Crippen LogP contribution in [-0.2, 0) is 19.1 Å². The zero-order chi connectivity index (χ0) is 26.7. The molecule has 2 aliphatic rings. The van der Waals surface area contributed by atoms with Crippen LogP contribution in [0.3, 0.4) is 0 Å². The summed E-state index contributed by atoms with van der Waals surface area (Å²) < 4.78 is 13.4. The second-order valence-electron chi connectivity index (χ2n) is 10.2. The van der Waals surface area contributed by atoms with Gasteiger partial charge in [0, 0.05) is 50.9 Å². The van der Waals surface area contributed by atoms with Gasteiger partial charge in [-0.25, -0.2) is 9.98 Å². The van der Waals surface area contributed by atoms with Crippen LogP contribution in [0, 0.1) is 5.92 Å². The van der Waals surface area contributed by atoms with Gasteiger partial charge in [-0.15, -0.1) is 0 Å². The van der Waals surface area contributed by atoms with Gasteiger partial charge in [0.1, 0.15) is 17.3 Å². The van der Waals surface area contributed by atoms with Gasteiger partial charge >= 0.3 is 5.97 Å². The molecule has 1 atom stereocenters. The van der Waals surface area contributed by atoms with E-state index in [1.165, 1.54) is 6.92 Å². The van der Waals surface area contributed by atoms with Crippen molar-refractivity contribution in [2.45, 2.75) is 64.4 Å². The van der Waals surface area contributed by atoms with Crippen molar-refractivity contribution in [3.8, 4) is 0 Å². The van der Waals surface area contributed by atoms with Crippen molar-refractivity contribution < 1.29 is 24.2 Å². The number of carboxylic acid groups (broad SMARTS) is 1. The Balaban J connectivity index is 1.83. The Hall–Kier alpha value is -3.30. The van der Waals surface area contributed by atoms with Crippen LogP contribution < -0.4 is 5.32 Å². The number of rotatable bonds is 7. The summed E-state index contributed by atoms with van der Waals surface area (Å²) in [6.07, 6.45) is 9.39. The average Bonchev–Trinajstić information content (AvgIpc) is 3.49. The maximum absolute atomic E-state index is 11.7. The van der Waals surface area contributed by atoms with E-state index in [1.807, 2.05) is 30.6 Å². The number of aromatic nitrogens is 2. The van der Waals surface area contributed by atoms with E-state index in [0.29, 0.717) is 49.8 Å². The Bertz CT molecular complexity index is 1260. The smallest absolute Gasteiger partial charge is 0.306 e. The van der Waals surface area contributed by atoms with Gasteiger partial charge in [0.2, 0.25) is 5.91 Å². The van der Waals surface area contributed by atoms with E-state index < -0.39 is 11.6 Å². The van der Waals surface area contributed by atoms with Crippen LogP contribution in [0.2, 0.25) is 0 Å². The topological polar surface area (TPSA) is 115 Å². The quantitative estimate of drug-likeness (QED) is 0.407. The first-order valence-corrected chi connectivity index (χ1v) is 12.7. The molecular weight excluding hydrogens is 472 g/mol. The SMILES string of the molecule is C=C(N=C(C=C(C)C)n1cc(C2CCC(C(=O)O)CC2)c2cnc(NC(C)=O)cc21)[C@]1(OC)CCOC1.